The molecule has 0 aliphatic rings. The first kappa shape index (κ1) is 10.2. The van der Waals surface area contributed by atoms with Gasteiger partial charge in [-0.2, -0.15) is 0 Å². The summed E-state index contributed by atoms with van der Waals surface area (Å²) in [6, 6.07) is 11.4. The Morgan fingerprint density at radius 1 is 0.750 bits per heavy atom. The molecule has 80 valence electrons. The monoisotopic (exact) mass is 212 g/mol. The summed E-state index contributed by atoms with van der Waals surface area (Å²) in [5.74, 6) is 1.61. The van der Waals surface area contributed by atoms with Crippen LogP contribution >= 0.6 is 0 Å². The van der Waals surface area contributed by atoms with Crippen molar-refractivity contribution < 1.29 is 0 Å². The van der Waals surface area contributed by atoms with Crippen LogP contribution in [0.2, 0.25) is 0 Å². The van der Waals surface area contributed by atoms with Gasteiger partial charge in [0.05, 0.1) is 0 Å². The lowest BCUT2D eigenvalue weighted by Gasteiger charge is -1.99. The summed E-state index contributed by atoms with van der Waals surface area (Å²) in [7, 11) is 0. The SMILES string of the molecule is C(=C/Nc1ccccn1)/Nc1ccccn1. The number of nitrogens with one attached hydrogen (secondary N) is 2. The maximum Gasteiger partial charge on any atom is 0.129 e. The summed E-state index contributed by atoms with van der Waals surface area (Å²) in [5.41, 5.74) is 0. The Bertz CT molecular complexity index is 396. The molecule has 2 N–H and O–H groups in total. The Kier molecular flexibility index (Phi) is 3.50. The van der Waals surface area contributed by atoms with Crippen LogP contribution in [0.1, 0.15) is 0 Å². The summed E-state index contributed by atoms with van der Waals surface area (Å²) in [6.45, 7) is 0. The molecule has 0 aliphatic carbocycles. The van der Waals surface area contributed by atoms with E-state index in [9.17, 15) is 0 Å². The van der Waals surface area contributed by atoms with Crippen molar-refractivity contribution in [1.29, 1.82) is 0 Å². The fraction of sp³-hybridized carbons (Fsp3) is 0. The highest BCUT2D eigenvalue weighted by Gasteiger charge is 1.86. The Morgan fingerprint density at radius 3 is 1.62 bits per heavy atom. The molecule has 0 saturated carbocycles. The third-order valence-corrected chi connectivity index (χ3v) is 1.88. The van der Waals surface area contributed by atoms with Crippen molar-refractivity contribution in [3.8, 4) is 0 Å². The second-order valence-corrected chi connectivity index (χ2v) is 3.05. The van der Waals surface area contributed by atoms with Gasteiger partial charge in [0.25, 0.3) is 0 Å². The van der Waals surface area contributed by atoms with Gasteiger partial charge in [-0.15, -0.1) is 0 Å². The molecule has 0 unspecified atom stereocenters. The molecule has 0 aromatic carbocycles. The van der Waals surface area contributed by atoms with Gasteiger partial charge in [0, 0.05) is 24.8 Å². The highest BCUT2D eigenvalue weighted by atomic mass is 15.0. The largest absolute Gasteiger partial charge is 0.345 e. The summed E-state index contributed by atoms with van der Waals surface area (Å²) in [5, 5.41) is 6.07. The molecule has 0 atom stereocenters. The quantitative estimate of drug-likeness (QED) is 0.817. The van der Waals surface area contributed by atoms with Crippen molar-refractivity contribution in [2.75, 3.05) is 10.6 Å². The zero-order valence-electron chi connectivity index (χ0n) is 8.67. The molecule has 2 rings (SSSR count). The normalized spacial score (nSPS) is 10.2. The van der Waals surface area contributed by atoms with Crippen LogP contribution in [-0.2, 0) is 0 Å². The van der Waals surface area contributed by atoms with Gasteiger partial charge in [-0.05, 0) is 24.3 Å². The molecule has 2 heterocycles. The summed E-state index contributed by atoms with van der Waals surface area (Å²) in [6.07, 6.45) is 7.03. The molecule has 0 saturated heterocycles. The minimum absolute atomic E-state index is 0.807. The standard InChI is InChI=1S/C12H12N4/c1-3-7-13-11(5-1)15-9-10-16-12-6-2-4-8-14-12/h1-10H,(H,13,15)(H,14,16)/b10-9-. The first-order valence-corrected chi connectivity index (χ1v) is 4.95. The molecule has 0 fully saturated rings. The van der Waals surface area contributed by atoms with Gasteiger partial charge in [0.1, 0.15) is 11.6 Å². The van der Waals surface area contributed by atoms with E-state index in [1.165, 1.54) is 0 Å². The van der Waals surface area contributed by atoms with Crippen molar-refractivity contribution in [2.45, 2.75) is 0 Å². The maximum atomic E-state index is 4.12. The van der Waals surface area contributed by atoms with Crippen LogP contribution in [0, 0.1) is 0 Å². The van der Waals surface area contributed by atoms with Gasteiger partial charge in [0.15, 0.2) is 0 Å². The van der Waals surface area contributed by atoms with Crippen molar-refractivity contribution in [1.82, 2.24) is 9.97 Å². The highest BCUT2D eigenvalue weighted by molar-refractivity contribution is 5.40. The second kappa shape index (κ2) is 5.50. The van der Waals surface area contributed by atoms with Crippen molar-refractivity contribution in [3.63, 3.8) is 0 Å². The predicted molar refractivity (Wildman–Crippen MR) is 64.9 cm³/mol. The third kappa shape index (κ3) is 3.09. The highest BCUT2D eigenvalue weighted by Crippen LogP contribution is 2.01. The van der Waals surface area contributed by atoms with E-state index < -0.39 is 0 Å². The number of nitrogens with zero attached hydrogens (tertiary/aromatic N) is 2. The number of hydrogen-bond acceptors (Lipinski definition) is 4. The van der Waals surface area contributed by atoms with Crippen LogP contribution in [-0.4, -0.2) is 9.97 Å². The number of rotatable bonds is 4. The predicted octanol–water partition coefficient (Wildman–Crippen LogP) is 2.47. The average molecular weight is 212 g/mol. The number of aromatic nitrogens is 2. The fourth-order valence-electron chi connectivity index (χ4n) is 1.15. The fourth-order valence-corrected chi connectivity index (χ4v) is 1.15. The zero-order chi connectivity index (χ0) is 11.1. The molecule has 0 bridgehead atoms. The Morgan fingerprint density at radius 2 is 1.25 bits per heavy atom. The molecule has 2 aromatic rings. The Balaban J connectivity index is 1.83. The molecule has 16 heavy (non-hydrogen) atoms. The second-order valence-electron chi connectivity index (χ2n) is 3.05. The van der Waals surface area contributed by atoms with Gasteiger partial charge >= 0.3 is 0 Å². The van der Waals surface area contributed by atoms with Crippen molar-refractivity contribution >= 4 is 11.6 Å². The molecule has 0 radical (unpaired) electrons. The lowest BCUT2D eigenvalue weighted by molar-refractivity contribution is 1.29. The third-order valence-electron chi connectivity index (χ3n) is 1.88. The average Bonchev–Trinajstić information content (AvgIpc) is 2.37. The van der Waals surface area contributed by atoms with Gasteiger partial charge in [-0.1, -0.05) is 12.1 Å². The van der Waals surface area contributed by atoms with Crippen LogP contribution < -0.4 is 10.6 Å². The summed E-state index contributed by atoms with van der Waals surface area (Å²) in [4.78, 5) is 8.24. The molecule has 4 heteroatoms. The lowest BCUT2D eigenvalue weighted by Crippen LogP contribution is -1.94. The lowest BCUT2D eigenvalue weighted by atomic mass is 10.4. The van der Waals surface area contributed by atoms with E-state index in [1.54, 1.807) is 24.8 Å². The van der Waals surface area contributed by atoms with Gasteiger partial charge < -0.3 is 10.6 Å². The van der Waals surface area contributed by atoms with Crippen LogP contribution in [0.4, 0.5) is 11.6 Å². The molecule has 2 aromatic heterocycles. The molecule has 4 nitrogen and oxygen atoms in total. The van der Waals surface area contributed by atoms with Gasteiger partial charge in [0.2, 0.25) is 0 Å². The maximum absolute atomic E-state index is 4.12. The van der Waals surface area contributed by atoms with Crippen LogP contribution in [0.15, 0.2) is 61.2 Å². The molecule has 0 spiro atoms. The van der Waals surface area contributed by atoms with E-state index in [0.717, 1.165) is 11.6 Å². The molecule has 0 aliphatic heterocycles. The number of pyridine rings is 2. The first-order chi connectivity index (χ1) is 7.95. The topological polar surface area (TPSA) is 49.8 Å². The smallest absolute Gasteiger partial charge is 0.129 e. The van der Waals surface area contributed by atoms with Crippen molar-refractivity contribution in [3.05, 3.63) is 61.2 Å². The molecular weight excluding hydrogens is 200 g/mol. The Hall–Kier alpha value is -2.36. The summed E-state index contributed by atoms with van der Waals surface area (Å²) < 4.78 is 0. The van der Waals surface area contributed by atoms with E-state index in [1.807, 2.05) is 36.4 Å². The van der Waals surface area contributed by atoms with Gasteiger partial charge in [-0.3, -0.25) is 0 Å². The van der Waals surface area contributed by atoms with E-state index in [4.69, 9.17) is 0 Å². The van der Waals surface area contributed by atoms with Crippen LogP contribution in [0.5, 0.6) is 0 Å². The number of anilines is 2. The van der Waals surface area contributed by atoms with E-state index in [0.29, 0.717) is 0 Å². The zero-order valence-corrected chi connectivity index (χ0v) is 8.67. The summed E-state index contributed by atoms with van der Waals surface area (Å²) >= 11 is 0. The van der Waals surface area contributed by atoms with Crippen LogP contribution in [0.3, 0.4) is 0 Å². The Labute approximate surface area is 94.1 Å². The van der Waals surface area contributed by atoms with Crippen LogP contribution in [0.25, 0.3) is 0 Å². The van der Waals surface area contributed by atoms with E-state index >= 15 is 0 Å². The van der Waals surface area contributed by atoms with E-state index in [-0.39, 0.29) is 0 Å². The molecular formula is C12H12N4. The van der Waals surface area contributed by atoms with Crippen molar-refractivity contribution in [2.24, 2.45) is 0 Å². The van der Waals surface area contributed by atoms with E-state index in [2.05, 4.69) is 20.6 Å². The first-order valence-electron chi connectivity index (χ1n) is 4.95. The minimum Gasteiger partial charge on any atom is -0.345 e. The number of hydrogen-bond donors (Lipinski definition) is 2. The minimum atomic E-state index is 0.807. The molecule has 0 amide bonds. The van der Waals surface area contributed by atoms with Gasteiger partial charge in [-0.25, -0.2) is 9.97 Å².